The van der Waals surface area contributed by atoms with Crippen LogP contribution in [0.25, 0.3) is 0 Å². The number of hydrogen-bond acceptors (Lipinski definition) is 2. The van der Waals surface area contributed by atoms with Crippen molar-refractivity contribution in [3.05, 3.63) is 35.9 Å². The van der Waals surface area contributed by atoms with Crippen LogP contribution < -0.4 is 0 Å². The first-order chi connectivity index (χ1) is 10.9. The summed E-state index contributed by atoms with van der Waals surface area (Å²) < 4.78 is 0. The van der Waals surface area contributed by atoms with E-state index in [9.17, 15) is 0 Å². The molecular weight excluding hydrogens is 268 g/mol. The standard InChI is InChI=1S/C20H30N2/c1-2-8-17(9-3-1)16-22-15-7-10-18-19(11-6-12-20(18)22)21-13-4-5-14-21/h1-3,8-9,18-20H,4-7,10-16H2/t18-,19+,20-/m1/s1. The van der Waals surface area contributed by atoms with Crippen molar-refractivity contribution < 1.29 is 0 Å². The van der Waals surface area contributed by atoms with Gasteiger partial charge >= 0.3 is 0 Å². The number of piperidine rings is 1. The molecule has 22 heavy (non-hydrogen) atoms. The first-order valence-corrected chi connectivity index (χ1v) is 9.44. The molecular formula is C20H30N2. The van der Waals surface area contributed by atoms with E-state index in [1.165, 1.54) is 70.1 Å². The fraction of sp³-hybridized carbons (Fsp3) is 0.700. The van der Waals surface area contributed by atoms with Crippen molar-refractivity contribution in [1.82, 2.24) is 9.80 Å². The Kier molecular flexibility index (Phi) is 4.49. The van der Waals surface area contributed by atoms with Crippen molar-refractivity contribution in [2.75, 3.05) is 19.6 Å². The van der Waals surface area contributed by atoms with Crippen molar-refractivity contribution in [1.29, 1.82) is 0 Å². The van der Waals surface area contributed by atoms with E-state index in [1.54, 1.807) is 0 Å². The molecule has 1 aromatic carbocycles. The lowest BCUT2D eigenvalue weighted by Crippen LogP contribution is -2.55. The summed E-state index contributed by atoms with van der Waals surface area (Å²) >= 11 is 0. The van der Waals surface area contributed by atoms with Crippen LogP contribution in [0.3, 0.4) is 0 Å². The summed E-state index contributed by atoms with van der Waals surface area (Å²) in [6.45, 7) is 5.21. The smallest absolute Gasteiger partial charge is 0.0236 e. The molecule has 0 amide bonds. The van der Waals surface area contributed by atoms with Crippen molar-refractivity contribution in [2.45, 2.75) is 63.6 Å². The van der Waals surface area contributed by atoms with Gasteiger partial charge in [-0.25, -0.2) is 0 Å². The van der Waals surface area contributed by atoms with Crippen molar-refractivity contribution in [2.24, 2.45) is 5.92 Å². The first-order valence-electron chi connectivity index (χ1n) is 9.44. The third-order valence-corrected chi connectivity index (χ3v) is 6.28. The molecule has 3 fully saturated rings. The summed E-state index contributed by atoms with van der Waals surface area (Å²) in [5.74, 6) is 0.935. The molecule has 1 aliphatic carbocycles. The molecule has 2 aliphatic heterocycles. The van der Waals surface area contributed by atoms with E-state index in [0.29, 0.717) is 0 Å². The second-order valence-electron chi connectivity index (χ2n) is 7.57. The minimum absolute atomic E-state index is 0.841. The lowest BCUT2D eigenvalue weighted by Gasteiger charge is -2.50. The average molecular weight is 298 g/mol. The van der Waals surface area contributed by atoms with E-state index in [2.05, 4.69) is 40.1 Å². The predicted molar refractivity (Wildman–Crippen MR) is 91.8 cm³/mol. The van der Waals surface area contributed by atoms with E-state index in [0.717, 1.165) is 24.5 Å². The maximum absolute atomic E-state index is 2.84. The van der Waals surface area contributed by atoms with E-state index >= 15 is 0 Å². The summed E-state index contributed by atoms with van der Waals surface area (Å²) in [4.78, 5) is 5.65. The number of rotatable bonds is 3. The molecule has 0 aromatic heterocycles. The summed E-state index contributed by atoms with van der Waals surface area (Å²) in [5.41, 5.74) is 1.49. The normalized spacial score (nSPS) is 33.7. The van der Waals surface area contributed by atoms with Crippen LogP contribution in [0.2, 0.25) is 0 Å². The van der Waals surface area contributed by atoms with Gasteiger partial charge in [-0.3, -0.25) is 4.90 Å². The molecule has 1 aromatic rings. The Morgan fingerprint density at radius 2 is 1.55 bits per heavy atom. The van der Waals surface area contributed by atoms with E-state index in [-0.39, 0.29) is 0 Å². The van der Waals surface area contributed by atoms with Crippen molar-refractivity contribution in [3.63, 3.8) is 0 Å². The Balaban J connectivity index is 1.48. The topological polar surface area (TPSA) is 6.48 Å². The molecule has 0 bridgehead atoms. The Bertz CT molecular complexity index is 466. The van der Waals surface area contributed by atoms with Crippen LogP contribution in [0, 0.1) is 5.92 Å². The van der Waals surface area contributed by atoms with Crippen LogP contribution in [-0.4, -0.2) is 41.5 Å². The minimum Gasteiger partial charge on any atom is -0.300 e. The highest BCUT2D eigenvalue weighted by Gasteiger charge is 2.41. The quantitative estimate of drug-likeness (QED) is 0.834. The van der Waals surface area contributed by atoms with Crippen LogP contribution in [0.1, 0.15) is 50.5 Å². The van der Waals surface area contributed by atoms with Crippen LogP contribution in [0.5, 0.6) is 0 Å². The number of hydrogen-bond donors (Lipinski definition) is 0. The Hall–Kier alpha value is -0.860. The molecule has 2 heterocycles. The zero-order valence-corrected chi connectivity index (χ0v) is 13.8. The molecule has 3 aliphatic rings. The van der Waals surface area contributed by atoms with Crippen LogP contribution in [0.15, 0.2) is 30.3 Å². The highest BCUT2D eigenvalue weighted by molar-refractivity contribution is 5.15. The van der Waals surface area contributed by atoms with Gasteiger partial charge < -0.3 is 4.90 Å². The second kappa shape index (κ2) is 6.72. The Morgan fingerprint density at radius 3 is 2.36 bits per heavy atom. The molecule has 1 saturated carbocycles. The number of likely N-dealkylation sites (tertiary alicyclic amines) is 2. The number of nitrogens with zero attached hydrogens (tertiary/aromatic N) is 2. The van der Waals surface area contributed by atoms with Crippen LogP contribution in [-0.2, 0) is 6.54 Å². The minimum atomic E-state index is 0.841. The summed E-state index contributed by atoms with van der Waals surface area (Å²) in [6.07, 6.45) is 10.1. The summed E-state index contributed by atoms with van der Waals surface area (Å²) in [7, 11) is 0. The van der Waals surface area contributed by atoms with E-state index < -0.39 is 0 Å². The van der Waals surface area contributed by atoms with Gasteiger partial charge in [-0.2, -0.15) is 0 Å². The molecule has 2 heteroatoms. The SMILES string of the molecule is c1ccc(CN2CCC[C@H]3[C@H]2CCC[C@@H]3N2CCCC2)cc1. The molecule has 0 radical (unpaired) electrons. The maximum Gasteiger partial charge on any atom is 0.0236 e. The number of fused-ring (bicyclic) bond motifs is 1. The van der Waals surface area contributed by atoms with Crippen LogP contribution >= 0.6 is 0 Å². The lowest BCUT2D eigenvalue weighted by atomic mass is 9.74. The third kappa shape index (κ3) is 2.96. The van der Waals surface area contributed by atoms with Crippen LogP contribution in [0.4, 0.5) is 0 Å². The Morgan fingerprint density at radius 1 is 0.773 bits per heavy atom. The van der Waals surface area contributed by atoms with Gasteiger partial charge in [0.15, 0.2) is 0 Å². The summed E-state index contributed by atoms with van der Waals surface area (Å²) in [6, 6.07) is 12.8. The first kappa shape index (κ1) is 14.7. The van der Waals surface area contributed by atoms with Gasteiger partial charge in [-0.15, -0.1) is 0 Å². The Labute approximate surface area is 135 Å². The predicted octanol–water partition coefficient (Wildman–Crippen LogP) is 3.92. The van der Waals surface area contributed by atoms with Gasteiger partial charge in [0.2, 0.25) is 0 Å². The van der Waals surface area contributed by atoms with Crippen molar-refractivity contribution >= 4 is 0 Å². The van der Waals surface area contributed by atoms with Gasteiger partial charge in [-0.05, 0) is 69.6 Å². The molecule has 0 unspecified atom stereocenters. The van der Waals surface area contributed by atoms with E-state index in [4.69, 9.17) is 0 Å². The highest BCUT2D eigenvalue weighted by Crippen LogP contribution is 2.39. The monoisotopic (exact) mass is 298 g/mol. The molecule has 0 spiro atoms. The summed E-state index contributed by atoms with van der Waals surface area (Å²) in [5, 5.41) is 0. The molecule has 3 atom stereocenters. The fourth-order valence-electron chi connectivity index (χ4n) is 5.30. The average Bonchev–Trinajstić information content (AvgIpc) is 3.10. The molecule has 120 valence electrons. The molecule has 0 N–H and O–H groups in total. The fourth-order valence-corrected chi connectivity index (χ4v) is 5.30. The number of benzene rings is 1. The highest BCUT2D eigenvalue weighted by atomic mass is 15.2. The van der Waals surface area contributed by atoms with Gasteiger partial charge in [0.05, 0.1) is 0 Å². The molecule has 2 nitrogen and oxygen atoms in total. The van der Waals surface area contributed by atoms with Crippen molar-refractivity contribution in [3.8, 4) is 0 Å². The zero-order chi connectivity index (χ0) is 14.8. The van der Waals surface area contributed by atoms with Gasteiger partial charge in [0, 0.05) is 18.6 Å². The largest absolute Gasteiger partial charge is 0.300 e. The second-order valence-corrected chi connectivity index (χ2v) is 7.57. The maximum atomic E-state index is 2.84. The van der Waals surface area contributed by atoms with E-state index in [1.807, 2.05) is 0 Å². The van der Waals surface area contributed by atoms with Gasteiger partial charge in [0.25, 0.3) is 0 Å². The lowest BCUT2D eigenvalue weighted by molar-refractivity contribution is -0.00108. The molecule has 2 saturated heterocycles. The third-order valence-electron chi connectivity index (χ3n) is 6.28. The van der Waals surface area contributed by atoms with Gasteiger partial charge in [-0.1, -0.05) is 36.8 Å². The van der Waals surface area contributed by atoms with Gasteiger partial charge in [0.1, 0.15) is 0 Å². The molecule has 4 rings (SSSR count). The zero-order valence-electron chi connectivity index (χ0n) is 13.8.